The van der Waals surface area contributed by atoms with Crippen LogP contribution in [0.2, 0.25) is 0 Å². The number of nitrogens with zero attached hydrogens (tertiary/aromatic N) is 1. The fraction of sp³-hybridized carbons (Fsp3) is 0.875. The lowest BCUT2D eigenvalue weighted by Crippen LogP contribution is -2.49. The van der Waals surface area contributed by atoms with Crippen LogP contribution in [0, 0.1) is 11.8 Å². The second kappa shape index (κ2) is 7.78. The van der Waals surface area contributed by atoms with Gasteiger partial charge in [0, 0.05) is 12.5 Å². The Bertz CT molecular complexity index is 363. The molecule has 21 heavy (non-hydrogen) atoms. The zero-order valence-electron chi connectivity index (χ0n) is 12.9. The number of carboxylic acid groups (broad SMARTS) is 1. The average Bonchev–Trinajstić information content (AvgIpc) is 2.79. The Morgan fingerprint density at radius 2 is 1.81 bits per heavy atom. The average molecular weight is 297 g/mol. The topological polar surface area (TPSA) is 66.8 Å². The second-order valence-corrected chi connectivity index (χ2v) is 6.27. The summed E-state index contributed by atoms with van der Waals surface area (Å²) in [6.45, 7) is 3.24. The number of hydrogen-bond acceptors (Lipinski definition) is 3. The van der Waals surface area contributed by atoms with E-state index in [0.29, 0.717) is 13.2 Å². The fourth-order valence-corrected chi connectivity index (χ4v) is 3.53. The summed E-state index contributed by atoms with van der Waals surface area (Å²) in [5.41, 5.74) is 0. The number of amides is 1. The highest BCUT2D eigenvalue weighted by Crippen LogP contribution is 2.28. The first-order valence-electron chi connectivity index (χ1n) is 8.26. The fourth-order valence-electron chi connectivity index (χ4n) is 3.53. The Labute approximate surface area is 126 Å². The van der Waals surface area contributed by atoms with E-state index in [1.807, 2.05) is 11.8 Å². The predicted octanol–water partition coefficient (Wildman–Crippen LogP) is 2.29. The quantitative estimate of drug-likeness (QED) is 0.791. The highest BCUT2D eigenvalue weighted by atomic mass is 16.5. The standard InChI is InChI=1S/C16H27NO4/c1-2-9-17(14-11-21-10-13(14)16(19)20)15(18)12-7-5-3-4-6-8-12/h12-14H,2-11H2,1H3,(H,19,20). The van der Waals surface area contributed by atoms with Gasteiger partial charge in [-0.25, -0.2) is 0 Å². The van der Waals surface area contributed by atoms with E-state index in [1.54, 1.807) is 0 Å². The molecule has 2 unspecified atom stereocenters. The van der Waals surface area contributed by atoms with Crippen LogP contribution in [-0.2, 0) is 14.3 Å². The molecule has 1 saturated heterocycles. The molecular weight excluding hydrogens is 270 g/mol. The van der Waals surface area contributed by atoms with Gasteiger partial charge in [0.05, 0.1) is 19.3 Å². The molecule has 2 rings (SSSR count). The third kappa shape index (κ3) is 3.96. The highest BCUT2D eigenvalue weighted by Gasteiger charge is 2.41. The van der Waals surface area contributed by atoms with Crippen molar-refractivity contribution in [2.24, 2.45) is 11.8 Å². The van der Waals surface area contributed by atoms with Gasteiger partial charge in [-0.05, 0) is 19.3 Å². The minimum absolute atomic E-state index is 0.0779. The summed E-state index contributed by atoms with van der Waals surface area (Å²) in [7, 11) is 0. The number of carboxylic acids is 1. The molecule has 0 aromatic rings. The maximum atomic E-state index is 12.9. The van der Waals surface area contributed by atoms with Gasteiger partial charge in [-0.2, -0.15) is 0 Å². The summed E-state index contributed by atoms with van der Waals surface area (Å²) in [5.74, 6) is -1.20. The molecule has 2 atom stereocenters. The Hall–Kier alpha value is -1.10. The monoisotopic (exact) mass is 297 g/mol. The molecule has 0 aromatic carbocycles. The van der Waals surface area contributed by atoms with E-state index in [2.05, 4.69) is 0 Å². The van der Waals surface area contributed by atoms with Crippen molar-refractivity contribution in [2.75, 3.05) is 19.8 Å². The van der Waals surface area contributed by atoms with Crippen LogP contribution in [0.4, 0.5) is 0 Å². The number of carbonyl (C=O) groups excluding carboxylic acids is 1. The zero-order valence-corrected chi connectivity index (χ0v) is 12.9. The minimum Gasteiger partial charge on any atom is -0.481 e. The summed E-state index contributed by atoms with van der Waals surface area (Å²) in [6, 6.07) is -0.293. The Morgan fingerprint density at radius 3 is 2.38 bits per heavy atom. The van der Waals surface area contributed by atoms with E-state index < -0.39 is 11.9 Å². The molecule has 1 aliphatic carbocycles. The SMILES string of the molecule is CCCN(C(=O)C1CCCCCC1)C1COCC1C(=O)O. The van der Waals surface area contributed by atoms with Crippen LogP contribution in [0.25, 0.3) is 0 Å². The predicted molar refractivity (Wildman–Crippen MR) is 78.9 cm³/mol. The molecule has 1 amide bonds. The van der Waals surface area contributed by atoms with Gasteiger partial charge in [-0.1, -0.05) is 32.6 Å². The zero-order chi connectivity index (χ0) is 15.2. The van der Waals surface area contributed by atoms with Gasteiger partial charge in [0.15, 0.2) is 0 Å². The van der Waals surface area contributed by atoms with Crippen LogP contribution in [0.3, 0.4) is 0 Å². The van der Waals surface area contributed by atoms with Gasteiger partial charge >= 0.3 is 5.97 Å². The molecule has 1 heterocycles. The van der Waals surface area contributed by atoms with E-state index in [4.69, 9.17) is 4.74 Å². The third-order valence-electron chi connectivity index (χ3n) is 4.72. The van der Waals surface area contributed by atoms with Gasteiger partial charge in [0.25, 0.3) is 0 Å². The number of ether oxygens (including phenoxy) is 1. The highest BCUT2D eigenvalue weighted by molar-refractivity contribution is 5.80. The van der Waals surface area contributed by atoms with Crippen LogP contribution in [0.1, 0.15) is 51.9 Å². The first-order valence-corrected chi connectivity index (χ1v) is 8.26. The number of aliphatic carboxylic acids is 1. The van der Waals surface area contributed by atoms with Crippen molar-refractivity contribution in [3.63, 3.8) is 0 Å². The molecule has 5 nitrogen and oxygen atoms in total. The molecule has 0 radical (unpaired) electrons. The van der Waals surface area contributed by atoms with E-state index in [0.717, 1.165) is 32.1 Å². The molecule has 1 aliphatic heterocycles. The minimum atomic E-state index is -0.854. The maximum absolute atomic E-state index is 12.9. The molecule has 0 bridgehead atoms. The molecule has 2 fully saturated rings. The summed E-state index contributed by atoms with van der Waals surface area (Å²) in [4.78, 5) is 26.0. The third-order valence-corrected chi connectivity index (χ3v) is 4.72. The van der Waals surface area contributed by atoms with E-state index >= 15 is 0 Å². The van der Waals surface area contributed by atoms with Crippen molar-refractivity contribution < 1.29 is 19.4 Å². The van der Waals surface area contributed by atoms with Crippen LogP contribution >= 0.6 is 0 Å². The second-order valence-electron chi connectivity index (χ2n) is 6.27. The lowest BCUT2D eigenvalue weighted by atomic mass is 9.95. The summed E-state index contributed by atoms with van der Waals surface area (Å²) in [5, 5.41) is 9.32. The summed E-state index contributed by atoms with van der Waals surface area (Å²) < 4.78 is 5.35. The van der Waals surface area contributed by atoms with Crippen LogP contribution < -0.4 is 0 Å². The van der Waals surface area contributed by atoms with Crippen LogP contribution in [0.5, 0.6) is 0 Å². The molecule has 5 heteroatoms. The first kappa shape index (κ1) is 16.3. The smallest absolute Gasteiger partial charge is 0.311 e. The van der Waals surface area contributed by atoms with E-state index in [1.165, 1.54) is 12.8 Å². The molecule has 0 spiro atoms. The molecule has 2 aliphatic rings. The molecular formula is C16H27NO4. The molecule has 0 aromatic heterocycles. The first-order chi connectivity index (χ1) is 10.1. The van der Waals surface area contributed by atoms with Crippen molar-refractivity contribution in [1.82, 2.24) is 4.90 Å². The van der Waals surface area contributed by atoms with E-state index in [9.17, 15) is 14.7 Å². The maximum Gasteiger partial charge on any atom is 0.311 e. The van der Waals surface area contributed by atoms with Gasteiger partial charge < -0.3 is 14.7 Å². The van der Waals surface area contributed by atoms with Crippen LogP contribution in [-0.4, -0.2) is 47.7 Å². The van der Waals surface area contributed by atoms with Gasteiger partial charge in [0.2, 0.25) is 5.91 Å². The number of rotatable bonds is 5. The summed E-state index contributed by atoms with van der Waals surface area (Å²) >= 11 is 0. The van der Waals surface area contributed by atoms with Crippen molar-refractivity contribution >= 4 is 11.9 Å². The van der Waals surface area contributed by atoms with Gasteiger partial charge in [0.1, 0.15) is 5.92 Å². The van der Waals surface area contributed by atoms with Crippen molar-refractivity contribution in [2.45, 2.75) is 57.9 Å². The van der Waals surface area contributed by atoms with Crippen molar-refractivity contribution in [3.05, 3.63) is 0 Å². The Morgan fingerprint density at radius 1 is 1.14 bits per heavy atom. The molecule has 1 N–H and O–H groups in total. The lowest BCUT2D eigenvalue weighted by molar-refractivity contribution is -0.146. The van der Waals surface area contributed by atoms with Crippen molar-refractivity contribution in [1.29, 1.82) is 0 Å². The molecule has 1 saturated carbocycles. The van der Waals surface area contributed by atoms with Crippen LogP contribution in [0.15, 0.2) is 0 Å². The van der Waals surface area contributed by atoms with Gasteiger partial charge in [-0.3, -0.25) is 9.59 Å². The Balaban J connectivity index is 2.09. The van der Waals surface area contributed by atoms with Crippen molar-refractivity contribution in [3.8, 4) is 0 Å². The normalized spacial score (nSPS) is 27.3. The lowest BCUT2D eigenvalue weighted by Gasteiger charge is -2.33. The Kier molecular flexibility index (Phi) is 6.03. The number of carbonyl (C=O) groups is 2. The largest absolute Gasteiger partial charge is 0.481 e. The van der Waals surface area contributed by atoms with E-state index in [-0.39, 0.29) is 24.5 Å². The molecule has 120 valence electrons. The number of hydrogen-bond donors (Lipinski definition) is 1. The van der Waals surface area contributed by atoms with Gasteiger partial charge in [-0.15, -0.1) is 0 Å². The summed E-state index contributed by atoms with van der Waals surface area (Å²) in [6.07, 6.45) is 7.39.